The van der Waals surface area contributed by atoms with E-state index in [1.54, 1.807) is 18.2 Å². The van der Waals surface area contributed by atoms with Crippen molar-refractivity contribution in [2.45, 2.75) is 57.6 Å². The highest BCUT2D eigenvalue weighted by Gasteiger charge is 2.35. The molecule has 0 radical (unpaired) electrons. The average Bonchev–Trinajstić information content (AvgIpc) is 2.89. The first-order chi connectivity index (χ1) is 17.8. The summed E-state index contributed by atoms with van der Waals surface area (Å²) < 4.78 is 19.6. The molecule has 0 aromatic heterocycles. The van der Waals surface area contributed by atoms with Gasteiger partial charge in [-0.2, -0.15) is 5.26 Å². The summed E-state index contributed by atoms with van der Waals surface area (Å²) in [5.41, 5.74) is 2.12. The molecule has 0 bridgehead atoms. The van der Waals surface area contributed by atoms with Crippen LogP contribution in [0, 0.1) is 30.0 Å². The molecule has 6 nitrogen and oxygen atoms in total. The lowest BCUT2D eigenvalue weighted by atomic mass is 9.88. The number of halogens is 2. The van der Waals surface area contributed by atoms with Crippen molar-refractivity contribution in [3.05, 3.63) is 63.9 Å². The van der Waals surface area contributed by atoms with Gasteiger partial charge in [-0.05, 0) is 81.4 Å². The molecule has 2 fully saturated rings. The third-order valence-corrected chi connectivity index (χ3v) is 8.45. The number of nitrogens with zero attached hydrogens (tertiary/aromatic N) is 3. The Bertz CT molecular complexity index is 1120. The van der Waals surface area contributed by atoms with E-state index in [1.165, 1.54) is 12.1 Å². The van der Waals surface area contributed by atoms with Crippen LogP contribution in [0.3, 0.4) is 0 Å². The van der Waals surface area contributed by atoms with Gasteiger partial charge >= 0.3 is 5.97 Å². The summed E-state index contributed by atoms with van der Waals surface area (Å²) in [7, 11) is 0. The second-order valence-electron chi connectivity index (χ2n) is 10.4. The molecule has 2 aliphatic heterocycles. The Morgan fingerprint density at radius 2 is 1.78 bits per heavy atom. The van der Waals surface area contributed by atoms with Crippen molar-refractivity contribution in [1.29, 1.82) is 5.26 Å². The van der Waals surface area contributed by atoms with Crippen molar-refractivity contribution >= 4 is 17.6 Å². The molecule has 2 aromatic carbocycles. The van der Waals surface area contributed by atoms with Gasteiger partial charge in [0.15, 0.2) is 0 Å². The van der Waals surface area contributed by atoms with Crippen LogP contribution in [0.2, 0.25) is 5.02 Å². The maximum Gasteiger partial charge on any atom is 0.321 e. The van der Waals surface area contributed by atoms with Gasteiger partial charge < -0.3 is 14.7 Å². The SMILES string of the molecule is Cc1c(OC2CCN(CC3CCN([C@H](C(=O)O)C(C)c4ccc(F)cc4)CC3)CC2)ccc(C#N)c1Cl. The highest BCUT2D eigenvalue weighted by Crippen LogP contribution is 2.32. The molecule has 2 aromatic rings. The van der Waals surface area contributed by atoms with Gasteiger partial charge in [0.25, 0.3) is 0 Å². The minimum absolute atomic E-state index is 0.130. The van der Waals surface area contributed by atoms with E-state index in [0.29, 0.717) is 16.5 Å². The molecule has 0 saturated carbocycles. The van der Waals surface area contributed by atoms with Crippen LogP contribution in [-0.2, 0) is 4.79 Å². The molecule has 1 N–H and O–H groups in total. The Labute approximate surface area is 223 Å². The van der Waals surface area contributed by atoms with E-state index in [2.05, 4.69) is 15.9 Å². The van der Waals surface area contributed by atoms with Gasteiger partial charge in [-0.25, -0.2) is 4.39 Å². The number of likely N-dealkylation sites (tertiary alicyclic amines) is 2. The van der Waals surface area contributed by atoms with Crippen molar-refractivity contribution in [1.82, 2.24) is 9.80 Å². The highest BCUT2D eigenvalue weighted by atomic mass is 35.5. The second kappa shape index (κ2) is 12.3. The van der Waals surface area contributed by atoms with E-state index in [1.807, 2.05) is 19.9 Å². The molecule has 2 heterocycles. The van der Waals surface area contributed by atoms with Crippen molar-refractivity contribution in [3.63, 3.8) is 0 Å². The maximum atomic E-state index is 13.3. The summed E-state index contributed by atoms with van der Waals surface area (Å²) >= 11 is 6.29. The first kappa shape index (κ1) is 27.4. The fourth-order valence-electron chi connectivity index (χ4n) is 5.68. The zero-order valence-corrected chi connectivity index (χ0v) is 22.3. The van der Waals surface area contributed by atoms with Gasteiger partial charge in [0.2, 0.25) is 0 Å². The molecule has 198 valence electrons. The molecule has 37 heavy (non-hydrogen) atoms. The summed E-state index contributed by atoms with van der Waals surface area (Å²) in [6, 6.07) is 11.2. The van der Waals surface area contributed by atoms with E-state index >= 15 is 0 Å². The van der Waals surface area contributed by atoms with Crippen LogP contribution in [0.15, 0.2) is 36.4 Å². The Morgan fingerprint density at radius 1 is 1.14 bits per heavy atom. The van der Waals surface area contributed by atoms with Crippen LogP contribution in [0.4, 0.5) is 4.39 Å². The molecule has 0 spiro atoms. The van der Waals surface area contributed by atoms with Crippen LogP contribution in [-0.4, -0.2) is 65.7 Å². The third-order valence-electron chi connectivity index (χ3n) is 7.97. The molecule has 2 atom stereocenters. The number of hydrogen-bond donors (Lipinski definition) is 1. The fourth-order valence-corrected chi connectivity index (χ4v) is 5.88. The Hall–Kier alpha value is -2.66. The molecule has 4 rings (SSSR count). The summed E-state index contributed by atoms with van der Waals surface area (Å²) in [5.74, 6) is -0.0611. The summed E-state index contributed by atoms with van der Waals surface area (Å²) in [5, 5.41) is 19.6. The predicted molar refractivity (Wildman–Crippen MR) is 142 cm³/mol. The van der Waals surface area contributed by atoms with E-state index < -0.39 is 12.0 Å². The normalized spacial score (nSPS) is 19.8. The van der Waals surface area contributed by atoms with Crippen molar-refractivity contribution in [2.75, 3.05) is 32.7 Å². The van der Waals surface area contributed by atoms with E-state index in [9.17, 15) is 14.3 Å². The minimum atomic E-state index is -0.823. The first-order valence-electron chi connectivity index (χ1n) is 13.1. The number of nitriles is 1. The number of carboxylic acids is 1. The maximum absolute atomic E-state index is 13.3. The van der Waals surface area contributed by atoms with Gasteiger partial charge in [0.1, 0.15) is 29.8 Å². The topological polar surface area (TPSA) is 76.8 Å². The molecule has 8 heteroatoms. The molecular weight excluding hydrogens is 493 g/mol. The van der Waals surface area contributed by atoms with Crippen LogP contribution in [0.25, 0.3) is 0 Å². The first-order valence-corrected chi connectivity index (χ1v) is 13.4. The van der Waals surface area contributed by atoms with E-state index in [0.717, 1.165) is 75.3 Å². The second-order valence-corrected chi connectivity index (χ2v) is 10.8. The van der Waals surface area contributed by atoms with E-state index in [-0.39, 0.29) is 17.8 Å². The Balaban J connectivity index is 1.24. The molecule has 0 aliphatic carbocycles. The van der Waals surface area contributed by atoms with Gasteiger partial charge in [-0.15, -0.1) is 0 Å². The summed E-state index contributed by atoms with van der Waals surface area (Å²) in [6.07, 6.45) is 3.95. The van der Waals surface area contributed by atoms with Crippen LogP contribution < -0.4 is 4.74 Å². The predicted octanol–water partition coefficient (Wildman–Crippen LogP) is 5.47. The molecule has 2 saturated heterocycles. The zero-order chi connectivity index (χ0) is 26.5. The van der Waals surface area contributed by atoms with Gasteiger partial charge in [0.05, 0.1) is 10.6 Å². The largest absolute Gasteiger partial charge is 0.490 e. The Morgan fingerprint density at radius 3 is 2.38 bits per heavy atom. The number of ether oxygens (including phenoxy) is 1. The summed E-state index contributed by atoms with van der Waals surface area (Å²) in [4.78, 5) is 16.7. The fraction of sp³-hybridized carbons (Fsp3) is 0.517. The number of carbonyl (C=O) groups is 1. The minimum Gasteiger partial charge on any atom is -0.490 e. The lowest BCUT2D eigenvalue weighted by Crippen LogP contribution is -2.50. The highest BCUT2D eigenvalue weighted by molar-refractivity contribution is 6.32. The molecule has 1 unspecified atom stereocenters. The molecule has 0 amide bonds. The van der Waals surface area contributed by atoms with Crippen molar-refractivity contribution in [2.24, 2.45) is 5.92 Å². The van der Waals surface area contributed by atoms with Crippen LogP contribution >= 0.6 is 11.6 Å². The summed E-state index contributed by atoms with van der Waals surface area (Å²) in [6.45, 7) is 8.26. The van der Waals surface area contributed by atoms with Gasteiger partial charge in [0, 0.05) is 31.1 Å². The number of benzene rings is 2. The number of aliphatic carboxylic acids is 1. The van der Waals surface area contributed by atoms with Gasteiger partial charge in [-0.1, -0.05) is 30.7 Å². The Kier molecular flexibility index (Phi) is 9.07. The van der Waals surface area contributed by atoms with Gasteiger partial charge in [-0.3, -0.25) is 9.69 Å². The standard InChI is InChI=1S/C29H35ClFN3O3/c1-19(22-3-6-24(31)7-4-22)28(29(35)36)34-15-9-21(10-16-34)18-33-13-11-25(12-14-33)37-26-8-5-23(17-32)27(30)20(26)2/h3-8,19,21,25,28H,9-16,18H2,1-2H3,(H,35,36)/t19?,28-/m0/s1. The number of rotatable bonds is 8. The number of hydrogen-bond acceptors (Lipinski definition) is 5. The van der Waals surface area contributed by atoms with Crippen LogP contribution in [0.1, 0.15) is 55.2 Å². The quantitative estimate of drug-likeness (QED) is 0.490. The van der Waals surface area contributed by atoms with Crippen molar-refractivity contribution in [3.8, 4) is 11.8 Å². The smallest absolute Gasteiger partial charge is 0.321 e. The zero-order valence-electron chi connectivity index (χ0n) is 21.5. The van der Waals surface area contributed by atoms with Crippen molar-refractivity contribution < 1.29 is 19.0 Å². The number of piperidine rings is 2. The number of carboxylic acid groups (broad SMARTS) is 1. The monoisotopic (exact) mass is 527 g/mol. The lowest BCUT2D eigenvalue weighted by molar-refractivity contribution is -0.144. The average molecular weight is 528 g/mol. The molecule has 2 aliphatic rings. The molecular formula is C29H35ClFN3O3. The third kappa shape index (κ3) is 6.62. The van der Waals surface area contributed by atoms with E-state index in [4.69, 9.17) is 21.6 Å². The lowest BCUT2D eigenvalue weighted by Gasteiger charge is -2.40. The van der Waals surface area contributed by atoms with Crippen LogP contribution in [0.5, 0.6) is 5.75 Å².